The van der Waals surface area contributed by atoms with E-state index in [4.69, 9.17) is 4.74 Å². The van der Waals surface area contributed by atoms with Gasteiger partial charge in [0.15, 0.2) is 0 Å². The van der Waals surface area contributed by atoms with Crippen molar-refractivity contribution in [3.63, 3.8) is 0 Å². The maximum atomic E-state index is 12.7. The van der Waals surface area contributed by atoms with Crippen LogP contribution in [0.5, 0.6) is 0 Å². The molecule has 1 amide bonds. The number of H-pyrrole nitrogens is 1. The molecule has 2 rings (SSSR count). The maximum Gasteiger partial charge on any atom is 0.252 e. The predicted octanol–water partition coefficient (Wildman–Crippen LogP) is 1.39. The monoisotopic (exact) mass is 348 g/mol. The summed E-state index contributed by atoms with van der Waals surface area (Å²) in [6, 6.07) is 1.48. The predicted molar refractivity (Wildman–Crippen MR) is 97.8 cm³/mol. The topological polar surface area (TPSA) is 87.3 Å². The molecule has 7 heteroatoms. The first-order valence-electron chi connectivity index (χ1n) is 8.64. The van der Waals surface area contributed by atoms with Crippen LogP contribution in [0.2, 0.25) is 0 Å². The van der Waals surface area contributed by atoms with E-state index in [0.717, 1.165) is 19.4 Å². The molecule has 1 aromatic heterocycles. The molecule has 1 aliphatic rings. The van der Waals surface area contributed by atoms with Crippen molar-refractivity contribution in [2.75, 3.05) is 31.7 Å². The van der Waals surface area contributed by atoms with E-state index in [1.54, 1.807) is 20.1 Å². The average Bonchev–Trinajstić information content (AvgIpc) is 2.59. The Kier molecular flexibility index (Phi) is 6.36. The van der Waals surface area contributed by atoms with E-state index >= 15 is 0 Å². The number of hydrogen-bond acceptors (Lipinski definition) is 5. The second-order valence-electron chi connectivity index (χ2n) is 6.83. The number of rotatable bonds is 7. The van der Waals surface area contributed by atoms with Crippen LogP contribution in [0.25, 0.3) is 0 Å². The highest BCUT2D eigenvalue weighted by molar-refractivity contribution is 5.84. The fraction of sp³-hybridized carbons (Fsp3) is 0.611. The Morgan fingerprint density at radius 1 is 1.64 bits per heavy atom. The maximum absolute atomic E-state index is 12.7. The van der Waals surface area contributed by atoms with Crippen molar-refractivity contribution in [3.8, 4) is 0 Å². The highest BCUT2D eigenvalue weighted by atomic mass is 16.5. The number of amides is 1. The van der Waals surface area contributed by atoms with Crippen molar-refractivity contribution >= 4 is 11.9 Å². The minimum Gasteiger partial charge on any atom is -0.385 e. The van der Waals surface area contributed by atoms with E-state index in [1.165, 1.54) is 6.07 Å². The largest absolute Gasteiger partial charge is 0.385 e. The second kappa shape index (κ2) is 8.29. The Hall–Kier alpha value is -2.15. The molecule has 2 unspecified atom stereocenters. The molecule has 0 spiro atoms. The van der Waals surface area contributed by atoms with Crippen LogP contribution >= 0.6 is 0 Å². The lowest BCUT2D eigenvalue weighted by Gasteiger charge is -2.35. The van der Waals surface area contributed by atoms with Gasteiger partial charge in [0.2, 0.25) is 11.9 Å². The van der Waals surface area contributed by atoms with Gasteiger partial charge < -0.3 is 15.0 Å². The lowest BCUT2D eigenvalue weighted by atomic mass is 9.85. The number of piperidine rings is 1. The van der Waals surface area contributed by atoms with Gasteiger partial charge in [0.25, 0.3) is 5.56 Å². The molecular formula is C18H28N4O3. The summed E-state index contributed by atoms with van der Waals surface area (Å²) in [5.41, 5.74) is -0.134. The van der Waals surface area contributed by atoms with Crippen LogP contribution in [0.15, 0.2) is 23.5 Å². The minimum atomic E-state index is -0.659. The quantitative estimate of drug-likeness (QED) is 0.727. The van der Waals surface area contributed by atoms with Gasteiger partial charge in [-0.1, -0.05) is 6.08 Å². The molecule has 1 aromatic rings. The van der Waals surface area contributed by atoms with Crippen LogP contribution in [0.3, 0.4) is 0 Å². The van der Waals surface area contributed by atoms with Gasteiger partial charge in [0.1, 0.15) is 0 Å². The summed E-state index contributed by atoms with van der Waals surface area (Å²) in [7, 11) is 1.62. The van der Waals surface area contributed by atoms with E-state index in [2.05, 4.69) is 21.9 Å². The normalized spacial score (nSPS) is 20.0. The van der Waals surface area contributed by atoms with Crippen molar-refractivity contribution < 1.29 is 9.53 Å². The first-order chi connectivity index (χ1) is 11.9. The lowest BCUT2D eigenvalue weighted by Crippen LogP contribution is -2.51. The zero-order valence-corrected chi connectivity index (χ0v) is 15.3. The first-order valence-corrected chi connectivity index (χ1v) is 8.64. The molecule has 138 valence electrons. The fourth-order valence-corrected chi connectivity index (χ4v) is 2.97. The zero-order valence-electron chi connectivity index (χ0n) is 15.3. The van der Waals surface area contributed by atoms with Gasteiger partial charge in [-0.05, 0) is 33.1 Å². The smallest absolute Gasteiger partial charge is 0.252 e. The van der Waals surface area contributed by atoms with Crippen molar-refractivity contribution in [2.24, 2.45) is 5.41 Å². The van der Waals surface area contributed by atoms with E-state index < -0.39 is 5.41 Å². The first kappa shape index (κ1) is 19.2. The number of carbonyl (C=O) groups is 1. The Morgan fingerprint density at radius 3 is 3.04 bits per heavy atom. The number of aromatic amines is 1. The number of nitrogens with one attached hydrogen (secondary N) is 2. The number of carbonyl (C=O) groups excluding carboxylic acids is 1. The molecule has 2 atom stereocenters. The Labute approximate surface area is 148 Å². The summed E-state index contributed by atoms with van der Waals surface area (Å²) in [5, 5.41) is 3.12. The summed E-state index contributed by atoms with van der Waals surface area (Å²) < 4.78 is 5.10. The molecule has 0 aliphatic carbocycles. The highest BCUT2D eigenvalue weighted by Gasteiger charge is 2.32. The molecule has 25 heavy (non-hydrogen) atoms. The van der Waals surface area contributed by atoms with Crippen LogP contribution in [-0.4, -0.2) is 48.7 Å². The minimum absolute atomic E-state index is 0.00823. The van der Waals surface area contributed by atoms with Crippen molar-refractivity contribution in [1.29, 1.82) is 0 Å². The molecule has 0 radical (unpaired) electrons. The van der Waals surface area contributed by atoms with E-state index in [9.17, 15) is 9.59 Å². The second-order valence-corrected chi connectivity index (χ2v) is 6.83. The van der Waals surface area contributed by atoms with E-state index in [0.29, 0.717) is 31.2 Å². The Bertz CT molecular complexity index is 673. The number of aryl methyl sites for hydroxylation is 1. The SMILES string of the molecule is C=CC(C)(CCOC)C(=O)NC1CCCN(c2nc(C)cc(=O)[nH]2)C1. The van der Waals surface area contributed by atoms with Crippen LogP contribution in [0.4, 0.5) is 5.95 Å². The summed E-state index contributed by atoms with van der Waals surface area (Å²) in [4.78, 5) is 33.6. The number of hydrogen-bond donors (Lipinski definition) is 2. The summed E-state index contributed by atoms with van der Waals surface area (Å²) in [6.07, 6.45) is 4.09. The molecule has 2 N–H and O–H groups in total. The number of nitrogens with zero attached hydrogens (tertiary/aromatic N) is 2. The van der Waals surface area contributed by atoms with Crippen LogP contribution in [-0.2, 0) is 9.53 Å². The third-order valence-electron chi connectivity index (χ3n) is 4.71. The van der Waals surface area contributed by atoms with E-state index in [1.807, 2.05) is 11.8 Å². The average molecular weight is 348 g/mol. The van der Waals surface area contributed by atoms with Gasteiger partial charge in [0.05, 0.1) is 5.41 Å². The molecule has 0 saturated carbocycles. The van der Waals surface area contributed by atoms with Crippen LogP contribution in [0, 0.1) is 12.3 Å². The number of ether oxygens (including phenoxy) is 1. The third kappa shape index (κ3) is 4.92. The molecule has 2 heterocycles. The van der Waals surface area contributed by atoms with Gasteiger partial charge in [-0.3, -0.25) is 14.6 Å². The molecule has 1 saturated heterocycles. The molecule has 1 aliphatic heterocycles. The Balaban J connectivity index is 2.04. The molecular weight excluding hydrogens is 320 g/mol. The summed E-state index contributed by atoms with van der Waals surface area (Å²) >= 11 is 0. The van der Waals surface area contributed by atoms with Gasteiger partial charge in [-0.25, -0.2) is 4.98 Å². The Morgan fingerprint density at radius 2 is 2.40 bits per heavy atom. The molecule has 0 bridgehead atoms. The van der Waals surface area contributed by atoms with Gasteiger partial charge in [-0.2, -0.15) is 0 Å². The molecule has 7 nitrogen and oxygen atoms in total. The molecule has 1 fully saturated rings. The van der Waals surface area contributed by atoms with E-state index in [-0.39, 0.29) is 17.5 Å². The number of methoxy groups -OCH3 is 1. The van der Waals surface area contributed by atoms with Crippen LogP contribution < -0.4 is 15.8 Å². The third-order valence-corrected chi connectivity index (χ3v) is 4.71. The van der Waals surface area contributed by atoms with Gasteiger partial charge >= 0.3 is 0 Å². The molecule has 0 aromatic carbocycles. The van der Waals surface area contributed by atoms with Gasteiger partial charge in [0, 0.05) is 44.6 Å². The van der Waals surface area contributed by atoms with Crippen LogP contribution in [0.1, 0.15) is 31.9 Å². The number of aromatic nitrogens is 2. The van der Waals surface area contributed by atoms with Crippen molar-refractivity contribution in [2.45, 2.75) is 39.2 Å². The fourth-order valence-electron chi connectivity index (χ4n) is 2.97. The lowest BCUT2D eigenvalue weighted by molar-refractivity contribution is -0.129. The number of anilines is 1. The van der Waals surface area contributed by atoms with Gasteiger partial charge in [-0.15, -0.1) is 6.58 Å². The zero-order chi connectivity index (χ0) is 18.4. The standard InChI is InChI=1S/C18H28N4O3/c1-5-18(3,8-10-25-4)16(24)20-14-7-6-9-22(12-14)17-19-13(2)11-15(23)21-17/h5,11,14H,1,6-10,12H2,2-4H3,(H,20,24)(H,19,21,23). The summed E-state index contributed by atoms with van der Waals surface area (Å²) in [5.74, 6) is 0.520. The van der Waals surface area contributed by atoms with Crippen molar-refractivity contribution in [1.82, 2.24) is 15.3 Å². The highest BCUT2D eigenvalue weighted by Crippen LogP contribution is 2.24. The summed E-state index contributed by atoms with van der Waals surface area (Å²) in [6.45, 7) is 9.40. The van der Waals surface area contributed by atoms with Crippen molar-refractivity contribution in [3.05, 3.63) is 34.8 Å².